The highest BCUT2D eigenvalue weighted by Crippen LogP contribution is 2.27. The molecule has 0 fully saturated rings. The number of aryl methyl sites for hydroxylation is 1. The van der Waals surface area contributed by atoms with Crippen LogP contribution in [0.1, 0.15) is 11.4 Å². The van der Waals surface area contributed by atoms with Crippen molar-refractivity contribution in [3.63, 3.8) is 0 Å². The van der Waals surface area contributed by atoms with E-state index >= 15 is 0 Å². The van der Waals surface area contributed by atoms with E-state index in [-0.39, 0.29) is 11.6 Å². The van der Waals surface area contributed by atoms with Crippen LogP contribution in [0.4, 0.5) is 13.2 Å². The van der Waals surface area contributed by atoms with Crippen molar-refractivity contribution in [2.45, 2.75) is 12.8 Å². The second kappa shape index (κ2) is 5.07. The van der Waals surface area contributed by atoms with Crippen LogP contribution in [0, 0.1) is 24.4 Å². The third-order valence-electron chi connectivity index (χ3n) is 3.25. The second-order valence-corrected chi connectivity index (χ2v) is 4.95. The second-order valence-electron chi connectivity index (χ2n) is 4.68. The number of fused-ring (bicyclic) bond motifs is 1. The average Bonchev–Trinajstić information content (AvgIpc) is 2.82. The predicted octanol–water partition coefficient (Wildman–Crippen LogP) is 4.49. The number of nitrogens with zero attached hydrogens (tertiary/aromatic N) is 2. The first kappa shape index (κ1) is 13.9. The third kappa shape index (κ3) is 2.17. The van der Waals surface area contributed by atoms with Gasteiger partial charge in [0, 0.05) is 0 Å². The first-order valence-corrected chi connectivity index (χ1v) is 6.74. The molecule has 0 aliphatic rings. The summed E-state index contributed by atoms with van der Waals surface area (Å²) in [6.45, 7) is 1.90. The van der Waals surface area contributed by atoms with Crippen LogP contribution in [0.15, 0.2) is 30.3 Å². The normalized spacial score (nSPS) is 11.3. The molecule has 6 heteroatoms. The Morgan fingerprint density at radius 2 is 1.86 bits per heavy atom. The standard InChI is InChI=1S/C15H10ClF3N2/c1-8-2-4-11-10(6-8)20-13(7-16)21(11)12-5-3-9(17)14(18)15(12)19/h2-6H,7H2,1H3. The van der Waals surface area contributed by atoms with Gasteiger partial charge in [0.1, 0.15) is 5.82 Å². The van der Waals surface area contributed by atoms with Crippen molar-refractivity contribution in [2.75, 3.05) is 0 Å². The molecule has 0 radical (unpaired) electrons. The zero-order valence-electron chi connectivity index (χ0n) is 11.0. The molecule has 0 aliphatic carbocycles. The Morgan fingerprint density at radius 1 is 1.10 bits per heavy atom. The number of hydrogen-bond donors (Lipinski definition) is 0. The fourth-order valence-corrected chi connectivity index (χ4v) is 2.47. The van der Waals surface area contributed by atoms with Gasteiger partial charge in [0.15, 0.2) is 17.5 Å². The summed E-state index contributed by atoms with van der Waals surface area (Å²) in [4.78, 5) is 4.31. The average molecular weight is 311 g/mol. The van der Waals surface area contributed by atoms with E-state index in [1.165, 1.54) is 10.6 Å². The largest absolute Gasteiger partial charge is 0.292 e. The predicted molar refractivity (Wildman–Crippen MR) is 75.2 cm³/mol. The van der Waals surface area contributed by atoms with Crippen LogP contribution < -0.4 is 0 Å². The fourth-order valence-electron chi connectivity index (χ4n) is 2.29. The van der Waals surface area contributed by atoms with E-state index < -0.39 is 17.5 Å². The lowest BCUT2D eigenvalue weighted by molar-refractivity contribution is 0.444. The van der Waals surface area contributed by atoms with Gasteiger partial charge in [-0.05, 0) is 36.8 Å². The van der Waals surface area contributed by atoms with Gasteiger partial charge >= 0.3 is 0 Å². The Balaban J connectivity index is 2.36. The van der Waals surface area contributed by atoms with Crippen LogP contribution in [-0.4, -0.2) is 9.55 Å². The topological polar surface area (TPSA) is 17.8 Å². The maximum Gasteiger partial charge on any atom is 0.196 e. The summed E-state index contributed by atoms with van der Waals surface area (Å²) >= 11 is 5.84. The van der Waals surface area contributed by atoms with Crippen LogP contribution >= 0.6 is 11.6 Å². The molecule has 0 atom stereocenters. The van der Waals surface area contributed by atoms with Crippen molar-refractivity contribution >= 4 is 22.6 Å². The zero-order valence-corrected chi connectivity index (χ0v) is 11.8. The molecule has 2 aromatic carbocycles. The first-order valence-electron chi connectivity index (χ1n) is 6.20. The number of aromatic nitrogens is 2. The van der Waals surface area contributed by atoms with E-state index in [0.29, 0.717) is 16.9 Å². The lowest BCUT2D eigenvalue weighted by Crippen LogP contribution is -2.05. The molecule has 3 rings (SSSR count). The Hall–Kier alpha value is -2.01. The quantitative estimate of drug-likeness (QED) is 0.504. The van der Waals surface area contributed by atoms with Gasteiger partial charge in [0.2, 0.25) is 0 Å². The number of halogens is 4. The first-order chi connectivity index (χ1) is 10.0. The van der Waals surface area contributed by atoms with Gasteiger partial charge < -0.3 is 0 Å². The van der Waals surface area contributed by atoms with Crippen LogP contribution in [0.25, 0.3) is 16.7 Å². The van der Waals surface area contributed by atoms with Gasteiger partial charge in [-0.25, -0.2) is 18.2 Å². The fraction of sp³-hybridized carbons (Fsp3) is 0.133. The van der Waals surface area contributed by atoms with Crippen LogP contribution in [0.5, 0.6) is 0 Å². The van der Waals surface area contributed by atoms with E-state index in [4.69, 9.17) is 11.6 Å². The van der Waals surface area contributed by atoms with Crippen molar-refractivity contribution in [1.29, 1.82) is 0 Å². The van der Waals surface area contributed by atoms with Crippen molar-refractivity contribution in [3.05, 3.63) is 59.2 Å². The maximum absolute atomic E-state index is 14.0. The molecule has 0 unspecified atom stereocenters. The minimum Gasteiger partial charge on any atom is -0.292 e. The molecule has 0 spiro atoms. The third-order valence-corrected chi connectivity index (χ3v) is 3.49. The maximum atomic E-state index is 14.0. The number of alkyl halides is 1. The van der Waals surface area contributed by atoms with E-state index in [1.54, 1.807) is 6.07 Å². The summed E-state index contributed by atoms with van der Waals surface area (Å²) in [5, 5.41) is 0. The highest BCUT2D eigenvalue weighted by molar-refractivity contribution is 6.17. The molecule has 2 nitrogen and oxygen atoms in total. The van der Waals surface area contributed by atoms with Crippen LogP contribution in [0.3, 0.4) is 0 Å². The van der Waals surface area contributed by atoms with Gasteiger partial charge in [-0.2, -0.15) is 0 Å². The van der Waals surface area contributed by atoms with Gasteiger partial charge in [0.25, 0.3) is 0 Å². The van der Waals surface area contributed by atoms with Crippen LogP contribution in [-0.2, 0) is 5.88 Å². The van der Waals surface area contributed by atoms with E-state index in [2.05, 4.69) is 4.98 Å². The molecule has 1 aromatic heterocycles. The summed E-state index contributed by atoms with van der Waals surface area (Å²) in [6, 6.07) is 7.45. The summed E-state index contributed by atoms with van der Waals surface area (Å²) in [6.07, 6.45) is 0. The molecule has 1 heterocycles. The van der Waals surface area contributed by atoms with Gasteiger partial charge in [-0.1, -0.05) is 6.07 Å². The molecular formula is C15H10ClF3N2. The summed E-state index contributed by atoms with van der Waals surface area (Å²) in [5.74, 6) is -3.62. The molecule has 0 saturated carbocycles. The van der Waals surface area contributed by atoms with E-state index in [0.717, 1.165) is 11.6 Å². The molecule has 0 saturated heterocycles. The molecule has 0 aliphatic heterocycles. The highest BCUT2D eigenvalue weighted by Gasteiger charge is 2.19. The zero-order chi connectivity index (χ0) is 15.1. The molecule has 21 heavy (non-hydrogen) atoms. The van der Waals surface area contributed by atoms with Crippen molar-refractivity contribution in [2.24, 2.45) is 0 Å². The summed E-state index contributed by atoms with van der Waals surface area (Å²) < 4.78 is 42.0. The molecule has 108 valence electrons. The van der Waals surface area contributed by atoms with Gasteiger partial charge in [0.05, 0.1) is 22.6 Å². The molecular weight excluding hydrogens is 301 g/mol. The van der Waals surface area contributed by atoms with Gasteiger partial charge in [-0.15, -0.1) is 11.6 Å². The number of rotatable bonds is 2. The monoisotopic (exact) mass is 310 g/mol. The van der Waals surface area contributed by atoms with Crippen molar-refractivity contribution in [3.8, 4) is 5.69 Å². The van der Waals surface area contributed by atoms with Crippen LogP contribution in [0.2, 0.25) is 0 Å². The molecule has 0 amide bonds. The Kier molecular flexibility index (Phi) is 3.37. The van der Waals surface area contributed by atoms with Gasteiger partial charge in [-0.3, -0.25) is 4.57 Å². The number of hydrogen-bond acceptors (Lipinski definition) is 1. The minimum atomic E-state index is -1.51. The lowest BCUT2D eigenvalue weighted by Gasteiger charge is -2.10. The highest BCUT2D eigenvalue weighted by atomic mass is 35.5. The Bertz CT molecular complexity index is 843. The Labute approximate surface area is 123 Å². The lowest BCUT2D eigenvalue weighted by atomic mass is 10.2. The SMILES string of the molecule is Cc1ccc2c(c1)nc(CCl)n2-c1ccc(F)c(F)c1F. The van der Waals surface area contributed by atoms with Crippen molar-refractivity contribution < 1.29 is 13.2 Å². The summed E-state index contributed by atoms with van der Waals surface area (Å²) in [5.41, 5.74) is 2.07. The number of imidazole rings is 1. The van der Waals surface area contributed by atoms with Crippen molar-refractivity contribution in [1.82, 2.24) is 9.55 Å². The number of benzene rings is 2. The van der Waals surface area contributed by atoms with E-state index in [1.807, 2.05) is 19.1 Å². The summed E-state index contributed by atoms with van der Waals surface area (Å²) in [7, 11) is 0. The molecule has 0 N–H and O–H groups in total. The van der Waals surface area contributed by atoms with E-state index in [9.17, 15) is 13.2 Å². The Morgan fingerprint density at radius 3 is 2.57 bits per heavy atom. The molecule has 3 aromatic rings. The molecule has 0 bridgehead atoms. The minimum absolute atomic E-state index is 0.0200. The smallest absolute Gasteiger partial charge is 0.196 e.